The van der Waals surface area contributed by atoms with Gasteiger partial charge in [0.15, 0.2) is 0 Å². The minimum absolute atomic E-state index is 0. The zero-order chi connectivity index (χ0) is 4.28. The van der Waals surface area contributed by atoms with E-state index in [4.69, 9.17) is 11.3 Å². The van der Waals surface area contributed by atoms with E-state index in [0.29, 0.717) is 0 Å². The van der Waals surface area contributed by atoms with E-state index in [9.17, 15) is 0 Å². The first-order valence-electron chi connectivity index (χ1n) is 1.04. The third-order valence-electron chi connectivity index (χ3n) is 0. The Morgan fingerprint density at radius 1 is 2.00 bits per heavy atom. The molecular formula is CH2O3W. The number of carboxylic acid groups (broad SMARTS) is 2. The largest absolute Gasteiger partial charge is 0.503 e. The maximum atomic E-state index is 8.96. The topological polar surface area (TPSA) is 57.5 Å². The summed E-state index contributed by atoms with van der Waals surface area (Å²) in [5.41, 5.74) is 0. The van der Waals surface area contributed by atoms with Gasteiger partial charge in [0.1, 0.15) is 0 Å². The Morgan fingerprint density at radius 2 is 2.20 bits per heavy atom. The summed E-state index contributed by atoms with van der Waals surface area (Å²) >= 11 is 0. The average Bonchev–Trinajstić information content (AvgIpc) is 1.38. The van der Waals surface area contributed by atoms with Crippen LogP contribution in [-0.2, 0) is 21.1 Å². The van der Waals surface area contributed by atoms with Gasteiger partial charge in [-0.1, -0.05) is 0 Å². The van der Waals surface area contributed by atoms with Crippen LogP contribution in [0, 0.1) is 0 Å². The van der Waals surface area contributed by atoms with Crippen LogP contribution in [0.15, 0.2) is 0 Å². The second-order valence-electron chi connectivity index (χ2n) is 0.266. The van der Waals surface area contributed by atoms with Gasteiger partial charge in [-0.25, -0.2) is 4.79 Å². The molecule has 0 aliphatic rings. The fourth-order valence-electron chi connectivity index (χ4n) is 0. The molecule has 5 heavy (non-hydrogen) atoms. The molecule has 0 fully saturated rings. The molecule has 30 valence electrons. The van der Waals surface area contributed by atoms with Crippen molar-refractivity contribution < 1.29 is 36.1 Å². The molecule has 0 radical (unpaired) electrons. The van der Waals surface area contributed by atoms with Gasteiger partial charge in [0.25, 0.3) is 0 Å². The number of hydrogen-bond donors (Lipinski definition) is 2. The van der Waals surface area contributed by atoms with Crippen LogP contribution in [0.4, 0.5) is 4.79 Å². The van der Waals surface area contributed by atoms with E-state index in [2.05, 4.69) is 5.11 Å². The van der Waals surface area contributed by atoms with Crippen molar-refractivity contribution >= 4 is 6.16 Å². The molecule has 0 atom stereocenters. The fourth-order valence-corrected chi connectivity index (χ4v) is 0. The SMILES string of the molecule is [2H]OC(=O)O.[W]. The van der Waals surface area contributed by atoms with E-state index in [1.807, 2.05) is 0 Å². The molecular weight excluding hydrogens is 244 g/mol. The molecule has 0 aliphatic heterocycles. The predicted octanol–water partition coefficient (Wildman–Crippen LogP) is 0.220. The van der Waals surface area contributed by atoms with Crippen LogP contribution in [0.25, 0.3) is 1.43 Å². The summed E-state index contributed by atoms with van der Waals surface area (Å²) in [6.45, 7) is 0. The summed E-state index contributed by atoms with van der Waals surface area (Å²) < 4.78 is 5.56. The molecule has 0 unspecified atom stereocenters. The third kappa shape index (κ3) is 8730. The van der Waals surface area contributed by atoms with Crippen LogP contribution in [0.5, 0.6) is 0 Å². The zero-order valence-electron chi connectivity index (χ0n) is 3.17. The number of carbonyl (C=O) groups is 1. The Balaban J connectivity index is 0. The van der Waals surface area contributed by atoms with Gasteiger partial charge in [-0.3, -0.25) is 0 Å². The standard InChI is InChI=1S/CH2O3.W/c2-1(3)4;/h(H2,2,3,4);/i/hD. The van der Waals surface area contributed by atoms with Crippen LogP contribution in [0.3, 0.4) is 0 Å². The van der Waals surface area contributed by atoms with Crippen molar-refractivity contribution in [1.29, 1.82) is 1.43 Å². The van der Waals surface area contributed by atoms with Gasteiger partial charge >= 0.3 is 7.59 Å². The molecule has 0 bridgehead atoms. The Morgan fingerprint density at radius 3 is 2.20 bits per heavy atom. The van der Waals surface area contributed by atoms with E-state index < -0.39 is 6.16 Å². The average molecular weight is 247 g/mol. The van der Waals surface area contributed by atoms with E-state index in [1.54, 1.807) is 0 Å². The fraction of sp³-hybridized carbons (Fsp3) is 0. The molecule has 0 aliphatic carbocycles. The minimum atomic E-state index is -1.58. The molecule has 0 heterocycles. The van der Waals surface area contributed by atoms with Gasteiger partial charge in [-0.2, -0.15) is 0 Å². The maximum absolute atomic E-state index is 8.96. The van der Waals surface area contributed by atoms with E-state index in [0.717, 1.165) is 0 Å². The van der Waals surface area contributed by atoms with Crippen LogP contribution in [0.2, 0.25) is 0 Å². The molecule has 2 N–H and O–H groups in total. The van der Waals surface area contributed by atoms with Crippen LogP contribution < -0.4 is 0 Å². The van der Waals surface area contributed by atoms with Gasteiger partial charge in [-0.05, 0) is 0 Å². The van der Waals surface area contributed by atoms with Crippen molar-refractivity contribution in [3.05, 3.63) is 0 Å². The molecule has 0 aromatic carbocycles. The summed E-state index contributed by atoms with van der Waals surface area (Å²) in [5, 5.41) is 10.2. The van der Waals surface area contributed by atoms with Crippen LogP contribution in [-0.4, -0.2) is 16.4 Å². The summed E-state index contributed by atoms with van der Waals surface area (Å²) in [6.07, 6.45) is -1.58. The molecule has 0 saturated carbocycles. The zero-order valence-corrected chi connectivity index (χ0v) is 5.11. The second-order valence-corrected chi connectivity index (χ2v) is 0.266. The Hall–Kier alpha value is -0.0417. The minimum Gasteiger partial charge on any atom is -0.450 e. The smallest absolute Gasteiger partial charge is 0.450 e. The monoisotopic (exact) mass is 247 g/mol. The van der Waals surface area contributed by atoms with Crippen molar-refractivity contribution in [3.8, 4) is 0 Å². The van der Waals surface area contributed by atoms with E-state index in [1.165, 1.54) is 0 Å². The first-order chi connectivity index (χ1) is 2.27. The van der Waals surface area contributed by atoms with E-state index >= 15 is 0 Å². The van der Waals surface area contributed by atoms with Gasteiger partial charge in [0, 0.05) is 21.1 Å². The molecule has 0 rings (SSSR count). The molecule has 0 spiro atoms. The number of hydrogen-bond acceptors (Lipinski definition) is 2. The van der Waals surface area contributed by atoms with Gasteiger partial charge < -0.3 is 10.2 Å². The van der Waals surface area contributed by atoms with Crippen molar-refractivity contribution in [2.75, 3.05) is 0 Å². The van der Waals surface area contributed by atoms with Gasteiger partial charge in [-0.15, -0.1) is 0 Å². The van der Waals surface area contributed by atoms with Gasteiger partial charge in [0.2, 0.25) is 0 Å². The molecule has 0 saturated heterocycles. The predicted molar refractivity (Wildman–Crippen MR) is 10.7 cm³/mol. The van der Waals surface area contributed by atoms with Gasteiger partial charge in [0.05, 0.1) is 0 Å². The maximum Gasteiger partial charge on any atom is 0.503 e. The quantitative estimate of drug-likeness (QED) is 0.643. The summed E-state index contributed by atoms with van der Waals surface area (Å²) in [6, 6.07) is 0. The van der Waals surface area contributed by atoms with Crippen molar-refractivity contribution in [2.24, 2.45) is 0 Å². The van der Waals surface area contributed by atoms with Crippen molar-refractivity contribution in [2.45, 2.75) is 0 Å². The first kappa shape index (κ1) is 4.96. The van der Waals surface area contributed by atoms with Crippen molar-refractivity contribution in [3.63, 3.8) is 0 Å². The molecule has 0 aromatic rings. The molecule has 3 nitrogen and oxygen atoms in total. The summed E-state index contributed by atoms with van der Waals surface area (Å²) in [4.78, 5) is 8.96. The van der Waals surface area contributed by atoms with Crippen LogP contribution >= 0.6 is 0 Å². The van der Waals surface area contributed by atoms with E-state index in [-0.39, 0.29) is 21.1 Å². The Bertz CT molecular complexity index is 46.1. The Labute approximate surface area is 44.4 Å². The molecule has 4 heteroatoms. The molecule has 0 aromatic heterocycles. The summed E-state index contributed by atoms with van der Waals surface area (Å²) in [7, 11) is 0. The normalized spacial score (nSPS) is 6.80. The Kier molecular flexibility index (Phi) is 3.93. The number of rotatable bonds is 0. The van der Waals surface area contributed by atoms with Crippen molar-refractivity contribution in [1.82, 2.24) is 0 Å². The first-order valence-corrected chi connectivity index (χ1v) is 0.632. The second kappa shape index (κ2) is 3.96. The van der Waals surface area contributed by atoms with Crippen LogP contribution in [0.1, 0.15) is 0 Å². The molecule has 0 amide bonds. The third-order valence-corrected chi connectivity index (χ3v) is 0. The summed E-state index contributed by atoms with van der Waals surface area (Å²) in [5.74, 6) is 0.